The smallest absolute Gasteiger partial charge is 0.0730 e. The Kier molecular flexibility index (Phi) is 4.55. The maximum absolute atomic E-state index is 5.86. The van der Waals surface area contributed by atoms with E-state index in [1.807, 2.05) is 0 Å². The lowest BCUT2D eigenvalue weighted by Crippen LogP contribution is -2.48. The summed E-state index contributed by atoms with van der Waals surface area (Å²) >= 11 is 0. The second-order valence-corrected chi connectivity index (χ2v) is 6.23. The molecule has 0 spiro atoms. The average molecular weight is 252 g/mol. The van der Waals surface area contributed by atoms with Gasteiger partial charge in [0.2, 0.25) is 0 Å². The van der Waals surface area contributed by atoms with Crippen LogP contribution in [0.1, 0.15) is 51.4 Å². The quantitative estimate of drug-likeness (QED) is 0.703. The Morgan fingerprint density at radius 3 is 2.89 bits per heavy atom. The molecule has 1 N–H and O–H groups in total. The Balaban J connectivity index is 1.27. The number of nitrogens with zero attached hydrogens (tertiary/aromatic N) is 1. The van der Waals surface area contributed by atoms with E-state index in [0.717, 1.165) is 18.7 Å². The van der Waals surface area contributed by atoms with Crippen molar-refractivity contribution in [2.24, 2.45) is 0 Å². The highest BCUT2D eigenvalue weighted by molar-refractivity contribution is 4.89. The van der Waals surface area contributed by atoms with Crippen LogP contribution < -0.4 is 5.32 Å². The summed E-state index contributed by atoms with van der Waals surface area (Å²) in [6, 6.07) is 1.63. The van der Waals surface area contributed by atoms with Crippen molar-refractivity contribution >= 4 is 0 Å². The number of nitrogens with one attached hydrogen (secondary N) is 1. The Hall–Kier alpha value is -0.120. The minimum Gasteiger partial charge on any atom is -0.375 e. The number of ether oxygens (including phenoxy) is 1. The summed E-state index contributed by atoms with van der Waals surface area (Å²) in [5.74, 6) is 0. The molecule has 18 heavy (non-hydrogen) atoms. The lowest BCUT2D eigenvalue weighted by atomic mass is 10.1. The molecule has 1 aliphatic heterocycles. The number of hydrogen-bond acceptors (Lipinski definition) is 3. The molecular weight excluding hydrogens is 224 g/mol. The Morgan fingerprint density at radius 1 is 1.06 bits per heavy atom. The largest absolute Gasteiger partial charge is 0.375 e. The van der Waals surface area contributed by atoms with Gasteiger partial charge in [-0.2, -0.15) is 0 Å². The van der Waals surface area contributed by atoms with Gasteiger partial charge in [-0.05, 0) is 58.0 Å². The van der Waals surface area contributed by atoms with Crippen molar-refractivity contribution in [2.45, 2.75) is 69.6 Å². The van der Waals surface area contributed by atoms with Crippen molar-refractivity contribution in [3.05, 3.63) is 0 Å². The van der Waals surface area contributed by atoms with Crippen LogP contribution in [0, 0.1) is 0 Å². The molecule has 0 aromatic carbocycles. The standard InChI is InChI=1S/C15H28N2O/c1(2-9-16-13-7-8-13)3-10-17-11-12-18-15-6-4-5-14(15)17/h13-16H,1-12H2. The van der Waals surface area contributed by atoms with Gasteiger partial charge in [-0.15, -0.1) is 0 Å². The minimum atomic E-state index is 0.565. The molecule has 1 saturated heterocycles. The Morgan fingerprint density at radius 2 is 2.00 bits per heavy atom. The van der Waals surface area contributed by atoms with E-state index in [9.17, 15) is 0 Å². The Labute approximate surface area is 111 Å². The van der Waals surface area contributed by atoms with Crippen LogP contribution in [0.25, 0.3) is 0 Å². The summed E-state index contributed by atoms with van der Waals surface area (Å²) in [5.41, 5.74) is 0. The van der Waals surface area contributed by atoms with Crippen molar-refractivity contribution in [1.29, 1.82) is 0 Å². The van der Waals surface area contributed by atoms with Gasteiger partial charge < -0.3 is 10.1 Å². The fourth-order valence-electron chi connectivity index (χ4n) is 3.49. The van der Waals surface area contributed by atoms with Crippen LogP contribution >= 0.6 is 0 Å². The summed E-state index contributed by atoms with van der Waals surface area (Å²) < 4.78 is 5.86. The third kappa shape index (κ3) is 3.46. The first-order valence-corrected chi connectivity index (χ1v) is 8.02. The summed E-state index contributed by atoms with van der Waals surface area (Å²) in [4.78, 5) is 2.70. The van der Waals surface area contributed by atoms with Crippen LogP contribution in [0.5, 0.6) is 0 Å². The van der Waals surface area contributed by atoms with Crippen LogP contribution in [0.4, 0.5) is 0 Å². The molecule has 3 heteroatoms. The van der Waals surface area contributed by atoms with E-state index in [0.29, 0.717) is 6.10 Å². The first kappa shape index (κ1) is 12.9. The van der Waals surface area contributed by atoms with Crippen molar-refractivity contribution in [3.8, 4) is 0 Å². The molecule has 3 aliphatic rings. The van der Waals surface area contributed by atoms with Gasteiger partial charge in [0.15, 0.2) is 0 Å². The number of morpholine rings is 1. The van der Waals surface area contributed by atoms with Gasteiger partial charge in [-0.1, -0.05) is 6.42 Å². The van der Waals surface area contributed by atoms with E-state index < -0.39 is 0 Å². The van der Waals surface area contributed by atoms with Gasteiger partial charge in [0, 0.05) is 18.6 Å². The first-order chi connectivity index (χ1) is 8.93. The van der Waals surface area contributed by atoms with E-state index in [1.54, 1.807) is 0 Å². The third-order valence-corrected chi connectivity index (χ3v) is 4.73. The molecule has 0 amide bonds. The summed E-state index contributed by atoms with van der Waals surface area (Å²) in [6.45, 7) is 4.67. The highest BCUT2D eigenvalue weighted by atomic mass is 16.5. The molecule has 2 unspecified atom stereocenters. The highest BCUT2D eigenvalue weighted by Crippen LogP contribution is 2.29. The van der Waals surface area contributed by atoms with Gasteiger partial charge in [0.05, 0.1) is 12.7 Å². The van der Waals surface area contributed by atoms with Gasteiger partial charge in [-0.25, -0.2) is 0 Å². The molecule has 3 rings (SSSR count). The van der Waals surface area contributed by atoms with Gasteiger partial charge in [0.25, 0.3) is 0 Å². The molecule has 0 bridgehead atoms. The molecule has 0 aromatic rings. The van der Waals surface area contributed by atoms with Crippen molar-refractivity contribution in [2.75, 3.05) is 26.2 Å². The predicted octanol–water partition coefficient (Wildman–Crippen LogP) is 2.16. The van der Waals surface area contributed by atoms with Crippen LogP contribution in [-0.2, 0) is 4.74 Å². The van der Waals surface area contributed by atoms with Crippen LogP contribution in [-0.4, -0.2) is 49.3 Å². The molecule has 3 nitrogen and oxygen atoms in total. The normalized spacial score (nSPS) is 32.7. The molecule has 1 heterocycles. The maximum atomic E-state index is 5.86. The highest BCUT2D eigenvalue weighted by Gasteiger charge is 2.35. The summed E-state index contributed by atoms with van der Waals surface area (Å²) in [6.07, 6.45) is 11.5. The monoisotopic (exact) mass is 252 g/mol. The van der Waals surface area contributed by atoms with Crippen LogP contribution in [0.15, 0.2) is 0 Å². The first-order valence-electron chi connectivity index (χ1n) is 8.02. The SMILES string of the molecule is C(CCNC1CC1)CCN1CCOC2CCCC21. The Bertz CT molecular complexity index is 255. The molecule has 2 aliphatic carbocycles. The summed E-state index contributed by atoms with van der Waals surface area (Å²) in [5, 5.41) is 3.60. The average Bonchev–Trinajstić information content (AvgIpc) is 3.08. The molecule has 2 atom stereocenters. The van der Waals surface area contributed by atoms with E-state index in [1.165, 1.54) is 71.0 Å². The second kappa shape index (κ2) is 6.36. The zero-order valence-electron chi connectivity index (χ0n) is 11.6. The zero-order valence-corrected chi connectivity index (χ0v) is 11.6. The minimum absolute atomic E-state index is 0.565. The van der Waals surface area contributed by atoms with Gasteiger partial charge in [0.1, 0.15) is 0 Å². The van der Waals surface area contributed by atoms with E-state index in [-0.39, 0.29) is 0 Å². The second-order valence-electron chi connectivity index (χ2n) is 6.23. The van der Waals surface area contributed by atoms with Crippen molar-refractivity contribution < 1.29 is 4.74 Å². The van der Waals surface area contributed by atoms with Crippen molar-refractivity contribution in [1.82, 2.24) is 10.2 Å². The van der Waals surface area contributed by atoms with E-state index in [4.69, 9.17) is 4.74 Å². The summed E-state index contributed by atoms with van der Waals surface area (Å²) in [7, 11) is 0. The third-order valence-electron chi connectivity index (χ3n) is 4.73. The number of fused-ring (bicyclic) bond motifs is 1. The number of rotatable bonds is 7. The molecule has 3 fully saturated rings. The fourth-order valence-corrected chi connectivity index (χ4v) is 3.49. The van der Waals surface area contributed by atoms with Gasteiger partial charge >= 0.3 is 0 Å². The molecule has 104 valence electrons. The topological polar surface area (TPSA) is 24.5 Å². The molecular formula is C15H28N2O. The van der Waals surface area contributed by atoms with Crippen LogP contribution in [0.2, 0.25) is 0 Å². The fraction of sp³-hybridized carbons (Fsp3) is 1.00. The molecule has 0 radical (unpaired) electrons. The van der Waals surface area contributed by atoms with E-state index >= 15 is 0 Å². The maximum Gasteiger partial charge on any atom is 0.0730 e. The van der Waals surface area contributed by atoms with Crippen molar-refractivity contribution in [3.63, 3.8) is 0 Å². The lowest BCUT2D eigenvalue weighted by molar-refractivity contribution is -0.0558. The lowest BCUT2D eigenvalue weighted by Gasteiger charge is -2.37. The van der Waals surface area contributed by atoms with Gasteiger partial charge in [-0.3, -0.25) is 4.90 Å². The molecule has 2 saturated carbocycles. The molecule has 0 aromatic heterocycles. The predicted molar refractivity (Wildman–Crippen MR) is 73.8 cm³/mol. The van der Waals surface area contributed by atoms with Crippen LogP contribution in [0.3, 0.4) is 0 Å². The number of unbranched alkanes of at least 4 members (excludes halogenated alkanes) is 2. The van der Waals surface area contributed by atoms with E-state index in [2.05, 4.69) is 10.2 Å². The zero-order chi connectivity index (χ0) is 12.2. The number of hydrogen-bond donors (Lipinski definition) is 1.